The van der Waals surface area contributed by atoms with Crippen molar-refractivity contribution in [3.63, 3.8) is 0 Å². The molecule has 1 aromatic heterocycles. The number of ether oxygens (including phenoxy) is 2. The molecule has 0 fully saturated rings. The molecule has 3 aromatic rings. The van der Waals surface area contributed by atoms with Crippen molar-refractivity contribution in [3.8, 4) is 11.4 Å². The normalized spacial score (nSPS) is 11.1. The first-order chi connectivity index (χ1) is 15.1. The van der Waals surface area contributed by atoms with Crippen molar-refractivity contribution >= 4 is 17.6 Å². The van der Waals surface area contributed by atoms with Gasteiger partial charge in [0, 0.05) is 17.7 Å². The molecular weight excluding hydrogens is 439 g/mol. The van der Waals surface area contributed by atoms with Crippen LogP contribution in [0.15, 0.2) is 47.0 Å². The quantitative estimate of drug-likeness (QED) is 0.311. The van der Waals surface area contributed by atoms with Crippen LogP contribution in [0.5, 0.6) is 0 Å². The average molecular weight is 451 g/mol. The van der Waals surface area contributed by atoms with E-state index in [1.54, 1.807) is 0 Å². The number of halogens is 3. The molecule has 0 N–H and O–H groups in total. The van der Waals surface area contributed by atoms with Gasteiger partial charge in [0.25, 0.3) is 11.6 Å². The summed E-state index contributed by atoms with van der Waals surface area (Å²) in [7, 11) is 1.07. The number of nitro benzene ring substituents is 1. The van der Waals surface area contributed by atoms with Crippen LogP contribution < -0.4 is 0 Å². The molecule has 2 aromatic carbocycles. The number of hydrogen-bond donors (Lipinski definition) is 0. The van der Waals surface area contributed by atoms with Crippen LogP contribution in [-0.2, 0) is 22.3 Å². The molecule has 0 radical (unpaired) electrons. The Hall–Kier alpha value is -4.29. The summed E-state index contributed by atoms with van der Waals surface area (Å²) in [6.07, 6.45) is -4.56. The molecule has 0 atom stereocenters. The first kappa shape index (κ1) is 22.4. The van der Waals surface area contributed by atoms with E-state index in [0.717, 1.165) is 37.4 Å². The van der Waals surface area contributed by atoms with Gasteiger partial charge in [-0.05, 0) is 18.2 Å². The zero-order valence-electron chi connectivity index (χ0n) is 16.1. The number of rotatable bonds is 6. The van der Waals surface area contributed by atoms with Gasteiger partial charge in [-0.3, -0.25) is 10.1 Å². The lowest BCUT2D eigenvalue weighted by Crippen LogP contribution is -2.09. The molecule has 0 bridgehead atoms. The Kier molecular flexibility index (Phi) is 6.18. The fourth-order valence-electron chi connectivity index (χ4n) is 2.55. The van der Waals surface area contributed by atoms with E-state index < -0.39 is 40.9 Å². The summed E-state index contributed by atoms with van der Waals surface area (Å²) in [5.41, 5.74) is -1.96. The van der Waals surface area contributed by atoms with Gasteiger partial charge in [0.05, 0.1) is 28.7 Å². The maximum absolute atomic E-state index is 12.8. The zero-order valence-corrected chi connectivity index (χ0v) is 16.1. The molecule has 13 heteroatoms. The lowest BCUT2D eigenvalue weighted by Gasteiger charge is -2.06. The summed E-state index contributed by atoms with van der Waals surface area (Å²) in [5.74, 6) is -2.34. The summed E-state index contributed by atoms with van der Waals surface area (Å²) < 4.78 is 52.9. The van der Waals surface area contributed by atoms with Crippen LogP contribution in [-0.4, -0.2) is 34.1 Å². The maximum Gasteiger partial charge on any atom is 0.416 e. The van der Waals surface area contributed by atoms with Crippen molar-refractivity contribution < 1.29 is 41.7 Å². The van der Waals surface area contributed by atoms with Gasteiger partial charge in [0.15, 0.2) is 6.61 Å². The number of aromatic nitrogens is 2. The molecule has 0 unspecified atom stereocenters. The van der Waals surface area contributed by atoms with Gasteiger partial charge in [-0.2, -0.15) is 18.2 Å². The monoisotopic (exact) mass is 451 g/mol. The number of alkyl halides is 3. The number of nitro groups is 1. The molecule has 0 saturated carbocycles. The summed E-state index contributed by atoms with van der Waals surface area (Å²) in [4.78, 5) is 38.0. The fraction of sp³-hybridized carbons (Fsp3) is 0.158. The second-order valence-corrected chi connectivity index (χ2v) is 6.18. The first-order valence-corrected chi connectivity index (χ1v) is 8.63. The van der Waals surface area contributed by atoms with Crippen LogP contribution in [0.3, 0.4) is 0 Å². The van der Waals surface area contributed by atoms with Gasteiger partial charge < -0.3 is 14.0 Å². The minimum atomic E-state index is -4.56. The van der Waals surface area contributed by atoms with E-state index in [4.69, 9.17) is 9.26 Å². The third-order valence-corrected chi connectivity index (χ3v) is 4.03. The van der Waals surface area contributed by atoms with E-state index in [9.17, 15) is 32.9 Å². The van der Waals surface area contributed by atoms with Gasteiger partial charge in [-0.15, -0.1) is 0 Å². The van der Waals surface area contributed by atoms with E-state index in [2.05, 4.69) is 14.9 Å². The molecule has 3 rings (SSSR count). The number of carbonyl (C=O) groups excluding carboxylic acids is 2. The Balaban J connectivity index is 1.75. The molecule has 0 amide bonds. The average Bonchev–Trinajstić information content (AvgIpc) is 3.25. The van der Waals surface area contributed by atoms with Crippen molar-refractivity contribution in [3.05, 3.63) is 75.2 Å². The Morgan fingerprint density at radius 2 is 1.81 bits per heavy atom. The van der Waals surface area contributed by atoms with Crippen molar-refractivity contribution in [1.29, 1.82) is 0 Å². The van der Waals surface area contributed by atoms with E-state index in [0.29, 0.717) is 0 Å². The smallest absolute Gasteiger partial charge is 0.416 e. The minimum absolute atomic E-state index is 0.0301. The lowest BCUT2D eigenvalue weighted by atomic mass is 10.1. The number of methoxy groups -OCH3 is 1. The molecule has 0 saturated heterocycles. The highest BCUT2D eigenvalue weighted by atomic mass is 19.4. The molecule has 0 aliphatic rings. The Morgan fingerprint density at radius 1 is 1.12 bits per heavy atom. The molecular formula is C19H12F3N3O7. The number of benzene rings is 2. The summed E-state index contributed by atoms with van der Waals surface area (Å²) in [5, 5.41) is 14.6. The highest BCUT2D eigenvalue weighted by Crippen LogP contribution is 2.31. The fourth-order valence-corrected chi connectivity index (χ4v) is 2.55. The van der Waals surface area contributed by atoms with Gasteiger partial charge in [0.2, 0.25) is 5.82 Å². The third-order valence-electron chi connectivity index (χ3n) is 4.03. The number of esters is 2. The molecule has 1 heterocycles. The van der Waals surface area contributed by atoms with Crippen molar-refractivity contribution in [2.75, 3.05) is 7.11 Å². The maximum atomic E-state index is 12.8. The van der Waals surface area contributed by atoms with Gasteiger partial charge in [-0.1, -0.05) is 17.3 Å². The highest BCUT2D eigenvalue weighted by molar-refractivity contribution is 5.96. The summed E-state index contributed by atoms with van der Waals surface area (Å²) in [6, 6.07) is 7.11. The Morgan fingerprint density at radius 3 is 2.44 bits per heavy atom. The molecule has 0 spiro atoms. The van der Waals surface area contributed by atoms with E-state index >= 15 is 0 Å². The lowest BCUT2D eigenvalue weighted by molar-refractivity contribution is -0.384. The second kappa shape index (κ2) is 8.83. The Labute approximate surface area is 176 Å². The largest absolute Gasteiger partial charge is 0.465 e. The first-order valence-electron chi connectivity index (χ1n) is 8.63. The van der Waals surface area contributed by atoms with Crippen molar-refractivity contribution in [1.82, 2.24) is 10.1 Å². The molecule has 0 aliphatic heterocycles. The van der Waals surface area contributed by atoms with Crippen molar-refractivity contribution in [2.45, 2.75) is 12.8 Å². The predicted molar refractivity (Wildman–Crippen MR) is 98.3 cm³/mol. The third kappa shape index (κ3) is 5.06. The van der Waals surface area contributed by atoms with E-state index in [1.807, 2.05) is 0 Å². The zero-order chi connectivity index (χ0) is 23.5. The number of hydrogen-bond acceptors (Lipinski definition) is 9. The van der Waals surface area contributed by atoms with Gasteiger partial charge >= 0.3 is 18.1 Å². The SMILES string of the molecule is COC(=O)c1cc(C(=O)OCc2nc(-c3cccc(C(F)(F)F)c3)no2)cc([N+](=O)[O-])c1. The van der Waals surface area contributed by atoms with Crippen LogP contribution in [0.2, 0.25) is 0 Å². The van der Waals surface area contributed by atoms with Crippen LogP contribution in [0.1, 0.15) is 32.2 Å². The topological polar surface area (TPSA) is 135 Å². The van der Waals surface area contributed by atoms with Crippen LogP contribution in [0.4, 0.5) is 18.9 Å². The number of nitrogens with zero attached hydrogens (tertiary/aromatic N) is 3. The van der Waals surface area contributed by atoms with Crippen LogP contribution >= 0.6 is 0 Å². The van der Waals surface area contributed by atoms with Gasteiger partial charge in [0.1, 0.15) is 0 Å². The number of carbonyl (C=O) groups is 2. The molecule has 166 valence electrons. The highest BCUT2D eigenvalue weighted by Gasteiger charge is 2.30. The van der Waals surface area contributed by atoms with E-state index in [-0.39, 0.29) is 28.4 Å². The molecule has 10 nitrogen and oxygen atoms in total. The standard InChI is InChI=1S/C19H12F3N3O7/c1-30-17(26)11-5-12(8-14(7-11)25(28)29)18(27)31-9-15-23-16(24-32-15)10-3-2-4-13(6-10)19(20,21)22/h2-8H,9H2,1H3. The van der Waals surface area contributed by atoms with Crippen molar-refractivity contribution in [2.24, 2.45) is 0 Å². The van der Waals surface area contributed by atoms with Gasteiger partial charge in [-0.25, -0.2) is 9.59 Å². The number of non-ortho nitro benzene ring substituents is 1. The summed E-state index contributed by atoms with van der Waals surface area (Å²) in [6.45, 7) is -0.568. The van der Waals surface area contributed by atoms with Crippen LogP contribution in [0, 0.1) is 10.1 Å². The predicted octanol–water partition coefficient (Wildman–Crippen LogP) is 3.81. The Bertz CT molecular complexity index is 1190. The molecule has 0 aliphatic carbocycles. The second-order valence-electron chi connectivity index (χ2n) is 6.18. The molecule has 32 heavy (non-hydrogen) atoms. The summed E-state index contributed by atoms with van der Waals surface area (Å²) >= 11 is 0. The van der Waals surface area contributed by atoms with Crippen LogP contribution in [0.25, 0.3) is 11.4 Å². The van der Waals surface area contributed by atoms with E-state index in [1.165, 1.54) is 12.1 Å². The minimum Gasteiger partial charge on any atom is -0.465 e.